The zero-order valence-corrected chi connectivity index (χ0v) is 25.7. The molecule has 0 spiro atoms. The molecule has 12 heteroatoms. The molecule has 1 saturated heterocycles. The highest BCUT2D eigenvalue weighted by Crippen LogP contribution is 2.69. The van der Waals surface area contributed by atoms with Gasteiger partial charge in [0, 0.05) is 26.6 Å². The number of rotatable bonds is 5. The summed E-state index contributed by atoms with van der Waals surface area (Å²) in [4.78, 5) is 45.0. The second-order valence-electron chi connectivity index (χ2n) is 11.9. The Labute approximate surface area is 268 Å². The second kappa shape index (κ2) is 10.5. The highest BCUT2D eigenvalue weighted by Gasteiger charge is 2.70. The van der Waals surface area contributed by atoms with Crippen molar-refractivity contribution in [3.63, 3.8) is 0 Å². The Morgan fingerprint density at radius 2 is 1.67 bits per heavy atom. The van der Waals surface area contributed by atoms with Crippen LogP contribution in [0.2, 0.25) is 5.02 Å². The minimum atomic E-state index is -4.72. The van der Waals surface area contributed by atoms with Gasteiger partial charge < -0.3 is 9.72 Å². The molecule has 8 rings (SSSR count). The summed E-state index contributed by atoms with van der Waals surface area (Å²) in [6, 6.07) is 19.8. The zero-order chi connectivity index (χ0) is 31.2. The third kappa shape index (κ3) is 4.49. The molecule has 2 bridgehead atoms. The summed E-state index contributed by atoms with van der Waals surface area (Å²) in [5.41, 5.74) is 0.336. The number of hydrogen-bond donors (Lipinski definition) is 1. The third-order valence-corrected chi connectivity index (χ3v) is 12.5. The van der Waals surface area contributed by atoms with Crippen molar-refractivity contribution in [2.24, 2.45) is 29.6 Å². The van der Waals surface area contributed by atoms with Crippen molar-refractivity contribution in [1.29, 1.82) is 0 Å². The van der Waals surface area contributed by atoms with Crippen LogP contribution in [0.5, 0.6) is 5.75 Å². The first-order valence-electron chi connectivity index (χ1n) is 14.5. The Morgan fingerprint density at radius 1 is 0.933 bits per heavy atom. The minimum Gasteiger partial charge on any atom is -0.489 e. The summed E-state index contributed by atoms with van der Waals surface area (Å²) in [7, 11) is 0. The molecule has 0 radical (unpaired) electrons. The molecule has 3 heterocycles. The van der Waals surface area contributed by atoms with E-state index >= 15 is 0 Å². The topological polar surface area (TPSA) is 79.5 Å². The molecule has 5 unspecified atom stereocenters. The number of amides is 2. The van der Waals surface area contributed by atoms with Crippen LogP contribution in [0.25, 0.3) is 0 Å². The number of aromatic nitrogens is 1. The molecule has 230 valence electrons. The van der Waals surface area contributed by atoms with Crippen molar-refractivity contribution in [2.45, 2.75) is 35.4 Å². The number of carbonyl (C=O) groups is 2. The molecule has 3 aromatic carbocycles. The number of thioether (sulfide) groups is 1. The van der Waals surface area contributed by atoms with E-state index in [-0.39, 0.29) is 40.4 Å². The Bertz CT molecular complexity index is 1930. The highest BCUT2D eigenvalue weighted by molar-refractivity contribution is 8.00. The summed E-state index contributed by atoms with van der Waals surface area (Å²) in [6.45, 7) is 0.265. The number of benzene rings is 3. The fraction of sp³-hybridized carbons (Fsp3) is 0.303. The maximum Gasteiger partial charge on any atom is 0.418 e. The van der Waals surface area contributed by atoms with E-state index in [0.717, 1.165) is 43.3 Å². The maximum absolute atomic E-state index is 14.0. The Balaban J connectivity index is 1.19. The summed E-state index contributed by atoms with van der Waals surface area (Å²) in [5, 5.41) is 1.22. The van der Waals surface area contributed by atoms with E-state index in [1.54, 1.807) is 6.07 Å². The number of anilines is 1. The lowest BCUT2D eigenvalue weighted by Gasteiger charge is -2.43. The molecule has 4 aliphatic rings. The number of carbonyl (C=O) groups excluding carboxylic acids is 2. The van der Waals surface area contributed by atoms with Gasteiger partial charge in [-0.15, -0.1) is 11.8 Å². The molecule has 45 heavy (non-hydrogen) atoms. The molecule has 1 aromatic heterocycles. The van der Waals surface area contributed by atoms with Gasteiger partial charge >= 0.3 is 11.0 Å². The quantitative estimate of drug-likeness (QED) is 0.225. The van der Waals surface area contributed by atoms with E-state index in [1.165, 1.54) is 30.0 Å². The van der Waals surface area contributed by atoms with Crippen molar-refractivity contribution < 1.29 is 27.5 Å². The van der Waals surface area contributed by atoms with Gasteiger partial charge in [-0.1, -0.05) is 65.4 Å². The van der Waals surface area contributed by atoms with Crippen molar-refractivity contribution >= 4 is 52.2 Å². The Hall–Kier alpha value is -3.54. The molecule has 2 amide bonds. The second-order valence-corrected chi connectivity index (χ2v) is 14.6. The van der Waals surface area contributed by atoms with Gasteiger partial charge in [0.1, 0.15) is 12.4 Å². The summed E-state index contributed by atoms with van der Waals surface area (Å²) in [5.74, 6) is -2.87. The number of nitrogens with zero attached hydrogens (tertiary/aromatic N) is 1. The number of H-pyrrole nitrogens is 1. The van der Waals surface area contributed by atoms with Crippen LogP contribution < -0.4 is 14.5 Å². The molecule has 7 atom stereocenters. The SMILES string of the molecule is O=C1C2C(C(=O)N1c1ccccc1C(F)(F)F)[C@@H]1C[C@H]2C2Sc3[nH]c(=O)sc3C(c3ccccc3OCc3cccc(Cl)c3)C21. The largest absolute Gasteiger partial charge is 0.489 e. The summed E-state index contributed by atoms with van der Waals surface area (Å²) in [6.07, 6.45) is -4.11. The number of aromatic amines is 1. The molecule has 6 nitrogen and oxygen atoms in total. The lowest BCUT2D eigenvalue weighted by atomic mass is 9.68. The number of thiazole rings is 1. The molecule has 1 N–H and O–H groups in total. The van der Waals surface area contributed by atoms with Crippen molar-refractivity contribution in [3.05, 3.63) is 109 Å². The van der Waals surface area contributed by atoms with Crippen LogP contribution in [0, 0.1) is 29.6 Å². The van der Waals surface area contributed by atoms with Crippen LogP contribution in [-0.2, 0) is 22.4 Å². The van der Waals surface area contributed by atoms with Crippen LogP contribution in [-0.4, -0.2) is 22.0 Å². The first-order chi connectivity index (χ1) is 21.6. The van der Waals surface area contributed by atoms with E-state index in [9.17, 15) is 27.6 Å². The van der Waals surface area contributed by atoms with E-state index in [0.29, 0.717) is 17.2 Å². The normalized spacial score (nSPS) is 28.3. The van der Waals surface area contributed by atoms with E-state index in [2.05, 4.69) is 4.98 Å². The van der Waals surface area contributed by atoms with Gasteiger partial charge in [0.2, 0.25) is 11.8 Å². The van der Waals surface area contributed by atoms with E-state index < -0.39 is 41.1 Å². The third-order valence-electron chi connectivity index (χ3n) is 9.71. The van der Waals surface area contributed by atoms with Crippen LogP contribution in [0.4, 0.5) is 18.9 Å². The molecule has 2 aliphatic heterocycles. The molecule has 3 fully saturated rings. The number of halogens is 4. The first kappa shape index (κ1) is 28.9. The van der Waals surface area contributed by atoms with Crippen LogP contribution in [0.3, 0.4) is 0 Å². The van der Waals surface area contributed by atoms with Crippen molar-refractivity contribution in [1.82, 2.24) is 4.98 Å². The van der Waals surface area contributed by atoms with Crippen LogP contribution >= 0.6 is 34.7 Å². The standard InChI is InChI=1S/C33H24ClF3N2O4S2/c34-16-7-5-6-15(12-16)14-43-22-11-4-1-8-17(22)23-24-18-13-19(27(24)44-29-28(23)45-32(42)38-29)26-25(18)30(40)39(31(26)41)21-10-3-2-9-20(21)33(35,36)37/h1-12,18-19,23-27H,13-14H2,(H,38,42)/t18-,19-,23?,24?,25?,26?,27?/m1/s1. The number of para-hydroxylation sites is 2. The van der Waals surface area contributed by atoms with Gasteiger partial charge in [-0.3, -0.25) is 14.4 Å². The minimum absolute atomic E-state index is 0.116. The molecule has 2 saturated carbocycles. The Kier molecular flexibility index (Phi) is 6.74. The monoisotopic (exact) mass is 668 g/mol. The fourth-order valence-corrected chi connectivity index (χ4v) is 11.3. The number of imide groups is 1. The smallest absolute Gasteiger partial charge is 0.418 e. The lowest BCUT2D eigenvalue weighted by Crippen LogP contribution is -2.42. The Morgan fingerprint density at radius 3 is 2.44 bits per heavy atom. The highest BCUT2D eigenvalue weighted by atomic mass is 35.5. The van der Waals surface area contributed by atoms with Gasteiger partial charge in [-0.25, -0.2) is 4.90 Å². The molecule has 2 aliphatic carbocycles. The first-order valence-corrected chi connectivity index (χ1v) is 16.6. The number of alkyl halides is 3. The van der Waals surface area contributed by atoms with Gasteiger partial charge in [0.15, 0.2) is 0 Å². The average molecular weight is 669 g/mol. The van der Waals surface area contributed by atoms with Crippen LogP contribution in [0.15, 0.2) is 82.6 Å². The zero-order valence-electron chi connectivity index (χ0n) is 23.3. The number of fused-ring (bicyclic) bond motifs is 9. The van der Waals surface area contributed by atoms with Gasteiger partial charge in [0.05, 0.1) is 28.1 Å². The number of nitrogens with one attached hydrogen (secondary N) is 1. The predicted octanol–water partition coefficient (Wildman–Crippen LogP) is 7.37. The van der Waals surface area contributed by atoms with Crippen molar-refractivity contribution in [2.75, 3.05) is 4.90 Å². The van der Waals surface area contributed by atoms with Crippen LogP contribution in [0.1, 0.15) is 33.9 Å². The van der Waals surface area contributed by atoms with Crippen molar-refractivity contribution in [3.8, 4) is 5.75 Å². The molecule has 4 aromatic rings. The summed E-state index contributed by atoms with van der Waals surface area (Å²) >= 11 is 8.83. The van der Waals surface area contributed by atoms with E-state index in [1.807, 2.05) is 42.5 Å². The fourth-order valence-electron chi connectivity index (χ4n) is 8.17. The molecular weight excluding hydrogens is 645 g/mol. The van der Waals surface area contributed by atoms with Gasteiger partial charge in [-0.2, -0.15) is 13.2 Å². The average Bonchev–Trinajstić information content (AvgIpc) is 3.74. The van der Waals surface area contributed by atoms with Gasteiger partial charge in [-0.05, 0) is 60.1 Å². The number of hydrogen-bond acceptors (Lipinski definition) is 6. The lowest BCUT2D eigenvalue weighted by molar-refractivity contribution is -0.137. The molecular formula is C33H24ClF3N2O4S2. The maximum atomic E-state index is 14.0. The predicted molar refractivity (Wildman–Crippen MR) is 165 cm³/mol. The van der Waals surface area contributed by atoms with Gasteiger partial charge in [0.25, 0.3) is 0 Å². The summed E-state index contributed by atoms with van der Waals surface area (Å²) < 4.78 is 48.3. The van der Waals surface area contributed by atoms with E-state index in [4.69, 9.17) is 16.3 Å². The number of ether oxygens (including phenoxy) is 1.